The fourth-order valence-electron chi connectivity index (χ4n) is 2.49. The number of aliphatic hydroxyl groups is 1. The molecule has 0 aliphatic heterocycles. The van der Waals surface area contributed by atoms with Crippen LogP contribution < -0.4 is 5.32 Å². The second kappa shape index (κ2) is 4.53. The highest BCUT2D eigenvalue weighted by atomic mass is 32.1. The van der Waals surface area contributed by atoms with E-state index in [1.165, 1.54) is 37.1 Å². The average Bonchev–Trinajstić information content (AvgIpc) is 3.02. The van der Waals surface area contributed by atoms with Crippen molar-refractivity contribution in [3.8, 4) is 0 Å². The maximum atomic E-state index is 9.10. The first-order valence-corrected chi connectivity index (χ1v) is 7.31. The van der Waals surface area contributed by atoms with Crippen molar-refractivity contribution in [2.24, 2.45) is 5.41 Å². The SMILES string of the molecule is OCCC1(CNc2nnc(C3CC3)s2)CCC1. The number of hydrogen-bond acceptors (Lipinski definition) is 5. The van der Waals surface area contributed by atoms with E-state index >= 15 is 0 Å². The van der Waals surface area contributed by atoms with Crippen molar-refractivity contribution < 1.29 is 5.11 Å². The van der Waals surface area contributed by atoms with Gasteiger partial charge < -0.3 is 10.4 Å². The summed E-state index contributed by atoms with van der Waals surface area (Å²) in [6.45, 7) is 1.23. The lowest BCUT2D eigenvalue weighted by atomic mass is 9.67. The third kappa shape index (κ3) is 2.45. The normalized spacial score (nSPS) is 22.2. The summed E-state index contributed by atoms with van der Waals surface area (Å²) in [6, 6.07) is 0. The van der Waals surface area contributed by atoms with Crippen molar-refractivity contribution >= 4 is 16.5 Å². The minimum atomic E-state index is 0.297. The van der Waals surface area contributed by atoms with Crippen molar-refractivity contribution in [3.05, 3.63) is 5.01 Å². The molecule has 2 aliphatic rings. The summed E-state index contributed by atoms with van der Waals surface area (Å²) in [7, 11) is 0. The highest BCUT2D eigenvalue weighted by molar-refractivity contribution is 7.15. The van der Waals surface area contributed by atoms with Gasteiger partial charge in [-0.25, -0.2) is 0 Å². The van der Waals surface area contributed by atoms with Crippen molar-refractivity contribution in [1.82, 2.24) is 10.2 Å². The van der Waals surface area contributed by atoms with Gasteiger partial charge in [-0.3, -0.25) is 0 Å². The summed E-state index contributed by atoms with van der Waals surface area (Å²) in [6.07, 6.45) is 7.23. The molecule has 1 aromatic rings. The molecule has 0 atom stereocenters. The zero-order chi connectivity index (χ0) is 11.7. The molecule has 0 spiro atoms. The molecule has 0 amide bonds. The summed E-state index contributed by atoms with van der Waals surface area (Å²) in [5, 5.41) is 23.1. The second-order valence-electron chi connectivity index (χ2n) is 5.40. The Balaban J connectivity index is 1.55. The van der Waals surface area contributed by atoms with Gasteiger partial charge in [-0.15, -0.1) is 10.2 Å². The highest BCUT2D eigenvalue weighted by Crippen LogP contribution is 2.45. The molecule has 17 heavy (non-hydrogen) atoms. The van der Waals surface area contributed by atoms with Gasteiger partial charge in [0.1, 0.15) is 5.01 Å². The van der Waals surface area contributed by atoms with Crippen LogP contribution in [0.4, 0.5) is 5.13 Å². The molecule has 0 saturated heterocycles. The Bertz CT molecular complexity index is 385. The Hall–Kier alpha value is -0.680. The van der Waals surface area contributed by atoms with Crippen molar-refractivity contribution in [2.45, 2.75) is 44.4 Å². The third-order valence-corrected chi connectivity index (χ3v) is 5.08. The maximum absolute atomic E-state index is 9.10. The zero-order valence-electron chi connectivity index (χ0n) is 9.98. The molecule has 0 radical (unpaired) electrons. The molecule has 2 fully saturated rings. The summed E-state index contributed by atoms with van der Waals surface area (Å²) in [5.74, 6) is 0.693. The van der Waals surface area contributed by atoms with E-state index in [1.807, 2.05) is 0 Å². The molecule has 1 heterocycles. The fraction of sp³-hybridized carbons (Fsp3) is 0.833. The lowest BCUT2D eigenvalue weighted by molar-refractivity contribution is 0.102. The molecule has 0 bridgehead atoms. The first-order valence-electron chi connectivity index (χ1n) is 6.49. The van der Waals surface area contributed by atoms with Crippen LogP contribution in [0.25, 0.3) is 0 Å². The van der Waals surface area contributed by atoms with Crippen LogP contribution in [-0.2, 0) is 0 Å². The first kappa shape index (κ1) is 11.4. The van der Waals surface area contributed by atoms with Crippen molar-refractivity contribution in [2.75, 3.05) is 18.5 Å². The van der Waals surface area contributed by atoms with Gasteiger partial charge >= 0.3 is 0 Å². The molecular weight excluding hydrogens is 234 g/mol. The molecule has 4 nitrogen and oxygen atoms in total. The monoisotopic (exact) mass is 253 g/mol. The number of aromatic nitrogens is 2. The summed E-state index contributed by atoms with van der Waals surface area (Å²) < 4.78 is 0. The fourth-order valence-corrected chi connectivity index (χ4v) is 3.40. The maximum Gasteiger partial charge on any atom is 0.205 e. The van der Waals surface area contributed by atoms with Gasteiger partial charge in [0, 0.05) is 19.1 Å². The van der Waals surface area contributed by atoms with Crippen LogP contribution in [0, 0.1) is 5.41 Å². The van der Waals surface area contributed by atoms with Gasteiger partial charge in [-0.05, 0) is 37.5 Å². The van der Waals surface area contributed by atoms with Crippen LogP contribution >= 0.6 is 11.3 Å². The first-order chi connectivity index (χ1) is 8.31. The van der Waals surface area contributed by atoms with E-state index < -0.39 is 0 Å². The number of nitrogens with one attached hydrogen (secondary N) is 1. The topological polar surface area (TPSA) is 58.0 Å². The van der Waals surface area contributed by atoms with E-state index in [2.05, 4.69) is 15.5 Å². The van der Waals surface area contributed by atoms with E-state index in [1.54, 1.807) is 11.3 Å². The minimum absolute atomic E-state index is 0.297. The minimum Gasteiger partial charge on any atom is -0.396 e. The molecular formula is C12H19N3OS. The average molecular weight is 253 g/mol. The van der Waals surface area contributed by atoms with Gasteiger partial charge in [0.25, 0.3) is 0 Å². The van der Waals surface area contributed by atoms with E-state index in [4.69, 9.17) is 5.11 Å². The lowest BCUT2D eigenvalue weighted by Gasteiger charge is -2.41. The van der Waals surface area contributed by atoms with E-state index in [-0.39, 0.29) is 0 Å². The molecule has 5 heteroatoms. The van der Waals surface area contributed by atoms with Crippen LogP contribution in [0.2, 0.25) is 0 Å². The predicted octanol–water partition coefficient (Wildman–Crippen LogP) is 2.38. The quantitative estimate of drug-likeness (QED) is 0.817. The van der Waals surface area contributed by atoms with Gasteiger partial charge in [0.2, 0.25) is 5.13 Å². The predicted molar refractivity (Wildman–Crippen MR) is 68.4 cm³/mol. The standard InChI is InChI=1S/C12H19N3OS/c16-7-6-12(4-1-5-12)8-13-11-15-14-10(17-11)9-2-3-9/h9,16H,1-8H2,(H,13,15). The molecule has 94 valence electrons. The lowest BCUT2D eigenvalue weighted by Crippen LogP contribution is -2.37. The molecule has 2 N–H and O–H groups in total. The van der Waals surface area contributed by atoms with Gasteiger partial charge in [-0.2, -0.15) is 0 Å². The van der Waals surface area contributed by atoms with E-state index in [0.29, 0.717) is 17.9 Å². The molecule has 0 unspecified atom stereocenters. The number of aliphatic hydroxyl groups excluding tert-OH is 1. The third-order valence-electron chi connectivity index (χ3n) is 4.04. The summed E-state index contributed by atoms with van der Waals surface area (Å²) in [5.41, 5.74) is 0.320. The van der Waals surface area contributed by atoms with Crippen LogP contribution in [0.5, 0.6) is 0 Å². The molecule has 3 rings (SSSR count). The Morgan fingerprint density at radius 3 is 2.76 bits per heavy atom. The molecule has 1 aromatic heterocycles. The largest absolute Gasteiger partial charge is 0.396 e. The Morgan fingerprint density at radius 1 is 1.35 bits per heavy atom. The van der Waals surface area contributed by atoms with E-state index in [0.717, 1.165) is 18.1 Å². The van der Waals surface area contributed by atoms with Crippen LogP contribution in [0.1, 0.15) is 49.5 Å². The van der Waals surface area contributed by atoms with Gasteiger partial charge in [0.15, 0.2) is 0 Å². The van der Waals surface area contributed by atoms with Gasteiger partial charge in [0.05, 0.1) is 0 Å². The highest BCUT2D eigenvalue weighted by Gasteiger charge is 2.36. The van der Waals surface area contributed by atoms with Crippen molar-refractivity contribution in [1.29, 1.82) is 0 Å². The number of hydrogen-bond donors (Lipinski definition) is 2. The van der Waals surface area contributed by atoms with Crippen LogP contribution in [-0.4, -0.2) is 28.5 Å². The zero-order valence-corrected chi connectivity index (χ0v) is 10.8. The molecule has 2 aliphatic carbocycles. The molecule has 2 saturated carbocycles. The number of rotatable bonds is 6. The number of anilines is 1. The Labute approximate surface area is 105 Å². The Morgan fingerprint density at radius 2 is 2.18 bits per heavy atom. The smallest absolute Gasteiger partial charge is 0.205 e. The molecule has 0 aromatic carbocycles. The van der Waals surface area contributed by atoms with E-state index in [9.17, 15) is 0 Å². The second-order valence-corrected chi connectivity index (χ2v) is 6.41. The number of nitrogens with zero attached hydrogens (tertiary/aromatic N) is 2. The van der Waals surface area contributed by atoms with Gasteiger partial charge in [-0.1, -0.05) is 17.8 Å². The summed E-state index contributed by atoms with van der Waals surface area (Å²) in [4.78, 5) is 0. The Kier molecular flexibility index (Phi) is 3.04. The van der Waals surface area contributed by atoms with Crippen molar-refractivity contribution in [3.63, 3.8) is 0 Å². The summed E-state index contributed by atoms with van der Waals surface area (Å²) >= 11 is 1.70. The van der Waals surface area contributed by atoms with Crippen LogP contribution in [0.15, 0.2) is 0 Å². The van der Waals surface area contributed by atoms with Crippen LogP contribution in [0.3, 0.4) is 0 Å².